The van der Waals surface area contributed by atoms with Gasteiger partial charge >= 0.3 is 6.03 Å². The highest BCUT2D eigenvalue weighted by Gasteiger charge is 2.26. The third kappa shape index (κ3) is 4.06. The summed E-state index contributed by atoms with van der Waals surface area (Å²) in [5, 5.41) is 15.5. The Labute approximate surface area is 123 Å². The molecule has 0 aliphatic carbocycles. The molecule has 0 aliphatic heterocycles. The highest BCUT2D eigenvalue weighted by molar-refractivity contribution is 5.88. The maximum atomic E-state index is 11.8. The molecule has 112 valence electrons. The molecule has 0 bridgehead atoms. The Balaban J connectivity index is 1.93. The number of aryl methyl sites for hydroxylation is 2. The van der Waals surface area contributed by atoms with Crippen LogP contribution in [0.4, 0.5) is 10.6 Å². The number of pyridine rings is 1. The molecule has 6 heteroatoms. The summed E-state index contributed by atoms with van der Waals surface area (Å²) < 4.78 is 5.15. The molecular weight excluding hydrogens is 270 g/mol. The predicted octanol–water partition coefficient (Wildman–Crippen LogP) is 2.32. The minimum absolute atomic E-state index is 0.0249. The molecule has 0 aromatic carbocycles. The molecule has 0 saturated heterocycles. The lowest BCUT2D eigenvalue weighted by atomic mass is 10.0. The van der Waals surface area contributed by atoms with Gasteiger partial charge in [0, 0.05) is 5.69 Å². The van der Waals surface area contributed by atoms with Gasteiger partial charge in [-0.15, -0.1) is 0 Å². The fraction of sp³-hybridized carbons (Fsp3) is 0.333. The number of carbonyl (C=O) groups excluding carboxylic acids is 1. The normalized spacial score (nSPS) is 13.5. The first-order valence-electron chi connectivity index (χ1n) is 6.63. The third-order valence-corrected chi connectivity index (χ3v) is 2.98. The standard InChI is InChI=1S/C15H19N3O3/c1-10-7-11(2)17-13(8-10)18-14(19)16-9-15(3,20)12-5-4-6-21-12/h4-8,20H,9H2,1-3H3,(H2,16,17,18,19). The Morgan fingerprint density at radius 1 is 1.43 bits per heavy atom. The Morgan fingerprint density at radius 3 is 2.81 bits per heavy atom. The molecule has 2 aromatic rings. The van der Waals surface area contributed by atoms with E-state index in [0.717, 1.165) is 11.3 Å². The summed E-state index contributed by atoms with van der Waals surface area (Å²) in [5.41, 5.74) is 0.574. The second-order valence-electron chi connectivity index (χ2n) is 5.23. The lowest BCUT2D eigenvalue weighted by molar-refractivity contribution is 0.0372. The summed E-state index contributed by atoms with van der Waals surface area (Å²) in [6.07, 6.45) is 1.48. The molecule has 2 amide bonds. The molecule has 2 heterocycles. The number of nitrogens with one attached hydrogen (secondary N) is 2. The van der Waals surface area contributed by atoms with Crippen molar-refractivity contribution in [1.82, 2.24) is 10.3 Å². The Kier molecular flexibility index (Phi) is 4.28. The van der Waals surface area contributed by atoms with Gasteiger partial charge in [0.05, 0.1) is 12.8 Å². The van der Waals surface area contributed by atoms with E-state index in [1.54, 1.807) is 25.1 Å². The van der Waals surface area contributed by atoms with Gasteiger partial charge in [-0.1, -0.05) is 0 Å². The lowest BCUT2D eigenvalue weighted by Gasteiger charge is -2.21. The predicted molar refractivity (Wildman–Crippen MR) is 79.0 cm³/mol. The van der Waals surface area contributed by atoms with E-state index >= 15 is 0 Å². The molecule has 0 radical (unpaired) electrons. The zero-order chi connectivity index (χ0) is 15.5. The van der Waals surface area contributed by atoms with Gasteiger partial charge in [-0.2, -0.15) is 0 Å². The van der Waals surface area contributed by atoms with E-state index in [1.165, 1.54) is 6.26 Å². The summed E-state index contributed by atoms with van der Waals surface area (Å²) in [6.45, 7) is 5.38. The van der Waals surface area contributed by atoms with Crippen LogP contribution >= 0.6 is 0 Å². The van der Waals surface area contributed by atoms with E-state index in [-0.39, 0.29) is 6.54 Å². The first-order chi connectivity index (χ1) is 9.87. The van der Waals surface area contributed by atoms with Crippen molar-refractivity contribution >= 4 is 11.8 Å². The van der Waals surface area contributed by atoms with Crippen molar-refractivity contribution in [1.29, 1.82) is 0 Å². The van der Waals surface area contributed by atoms with Gasteiger partial charge in [-0.25, -0.2) is 9.78 Å². The van der Waals surface area contributed by atoms with E-state index in [1.807, 2.05) is 19.9 Å². The number of hydrogen-bond acceptors (Lipinski definition) is 4. The number of urea groups is 1. The summed E-state index contributed by atoms with van der Waals surface area (Å²) in [5.74, 6) is 0.870. The van der Waals surface area contributed by atoms with Gasteiger partial charge in [0.1, 0.15) is 17.2 Å². The highest BCUT2D eigenvalue weighted by Crippen LogP contribution is 2.19. The SMILES string of the molecule is Cc1cc(C)nc(NC(=O)NCC(C)(O)c2ccco2)c1. The molecule has 0 aliphatic rings. The molecule has 3 N–H and O–H groups in total. The van der Waals surface area contributed by atoms with E-state index in [9.17, 15) is 9.90 Å². The van der Waals surface area contributed by atoms with Crippen molar-refractivity contribution in [3.05, 3.63) is 47.5 Å². The second kappa shape index (κ2) is 5.97. The van der Waals surface area contributed by atoms with Crippen LogP contribution in [-0.4, -0.2) is 22.7 Å². The number of aliphatic hydroxyl groups is 1. The van der Waals surface area contributed by atoms with Gasteiger partial charge in [0.2, 0.25) is 0 Å². The summed E-state index contributed by atoms with van der Waals surface area (Å²) in [7, 11) is 0. The van der Waals surface area contributed by atoms with Gasteiger partial charge < -0.3 is 14.8 Å². The van der Waals surface area contributed by atoms with Crippen LogP contribution in [-0.2, 0) is 5.60 Å². The zero-order valence-corrected chi connectivity index (χ0v) is 12.3. The fourth-order valence-corrected chi connectivity index (χ4v) is 1.99. The minimum atomic E-state index is -1.27. The van der Waals surface area contributed by atoms with E-state index in [4.69, 9.17) is 4.42 Å². The van der Waals surface area contributed by atoms with Crippen LogP contribution in [0.15, 0.2) is 34.9 Å². The van der Waals surface area contributed by atoms with E-state index < -0.39 is 11.6 Å². The topological polar surface area (TPSA) is 87.4 Å². The number of nitrogens with zero attached hydrogens (tertiary/aromatic N) is 1. The first-order valence-corrected chi connectivity index (χ1v) is 6.63. The van der Waals surface area contributed by atoms with Crippen molar-refractivity contribution in [2.45, 2.75) is 26.4 Å². The summed E-state index contributed by atoms with van der Waals surface area (Å²) in [4.78, 5) is 16.1. The first kappa shape index (κ1) is 15.1. The van der Waals surface area contributed by atoms with Crippen molar-refractivity contribution in [2.75, 3.05) is 11.9 Å². The maximum Gasteiger partial charge on any atom is 0.320 e. The maximum absolute atomic E-state index is 11.8. The number of rotatable bonds is 4. The number of amides is 2. The zero-order valence-electron chi connectivity index (χ0n) is 12.3. The van der Waals surface area contributed by atoms with Crippen LogP contribution < -0.4 is 10.6 Å². The average Bonchev–Trinajstić information content (AvgIpc) is 2.89. The monoisotopic (exact) mass is 289 g/mol. The summed E-state index contributed by atoms with van der Waals surface area (Å²) in [6, 6.07) is 6.61. The van der Waals surface area contributed by atoms with Crippen LogP contribution in [0, 0.1) is 13.8 Å². The Morgan fingerprint density at radius 2 is 2.19 bits per heavy atom. The Hall–Kier alpha value is -2.34. The van der Waals surface area contributed by atoms with Gasteiger partial charge in [0.15, 0.2) is 0 Å². The van der Waals surface area contributed by atoms with Crippen molar-refractivity contribution in [2.24, 2.45) is 0 Å². The molecule has 0 spiro atoms. The lowest BCUT2D eigenvalue weighted by Crippen LogP contribution is -2.40. The van der Waals surface area contributed by atoms with Crippen LogP contribution in [0.3, 0.4) is 0 Å². The van der Waals surface area contributed by atoms with Crippen LogP contribution in [0.2, 0.25) is 0 Å². The van der Waals surface area contributed by atoms with E-state index in [0.29, 0.717) is 11.6 Å². The molecular formula is C15H19N3O3. The third-order valence-electron chi connectivity index (χ3n) is 2.98. The van der Waals surface area contributed by atoms with Crippen molar-refractivity contribution < 1.29 is 14.3 Å². The summed E-state index contributed by atoms with van der Waals surface area (Å²) >= 11 is 0. The molecule has 21 heavy (non-hydrogen) atoms. The second-order valence-corrected chi connectivity index (χ2v) is 5.23. The van der Waals surface area contributed by atoms with Crippen LogP contribution in [0.5, 0.6) is 0 Å². The number of anilines is 1. The number of hydrogen-bond donors (Lipinski definition) is 3. The van der Waals surface area contributed by atoms with E-state index in [2.05, 4.69) is 15.6 Å². The number of furan rings is 1. The number of carbonyl (C=O) groups is 1. The molecule has 0 saturated carbocycles. The number of aromatic nitrogens is 1. The Bertz CT molecular complexity index is 601. The van der Waals surface area contributed by atoms with Gasteiger partial charge in [-0.3, -0.25) is 5.32 Å². The van der Waals surface area contributed by atoms with Crippen LogP contribution in [0.25, 0.3) is 0 Å². The molecule has 6 nitrogen and oxygen atoms in total. The molecule has 1 unspecified atom stereocenters. The minimum Gasteiger partial charge on any atom is -0.466 e. The largest absolute Gasteiger partial charge is 0.466 e. The van der Waals surface area contributed by atoms with Crippen LogP contribution in [0.1, 0.15) is 23.9 Å². The van der Waals surface area contributed by atoms with Gasteiger partial charge in [0.25, 0.3) is 0 Å². The fourth-order valence-electron chi connectivity index (χ4n) is 1.99. The molecule has 2 rings (SSSR count). The molecule has 1 atom stereocenters. The smallest absolute Gasteiger partial charge is 0.320 e. The average molecular weight is 289 g/mol. The molecule has 0 fully saturated rings. The quantitative estimate of drug-likeness (QED) is 0.806. The van der Waals surface area contributed by atoms with Crippen molar-refractivity contribution in [3.8, 4) is 0 Å². The van der Waals surface area contributed by atoms with Gasteiger partial charge in [-0.05, 0) is 50.6 Å². The highest BCUT2D eigenvalue weighted by atomic mass is 16.4. The molecule has 2 aromatic heterocycles. The van der Waals surface area contributed by atoms with Crippen molar-refractivity contribution in [3.63, 3.8) is 0 Å².